The zero-order valence-corrected chi connectivity index (χ0v) is 9.58. The van der Waals surface area contributed by atoms with Crippen molar-refractivity contribution in [2.75, 3.05) is 0 Å². The largest absolute Gasteiger partial charge is 0.464 e. The van der Waals surface area contributed by atoms with Crippen LogP contribution in [0.15, 0.2) is 65.7 Å². The number of rotatable bonds is 1. The van der Waals surface area contributed by atoms with E-state index in [1.807, 2.05) is 47.3 Å². The van der Waals surface area contributed by atoms with Gasteiger partial charge in [-0.15, -0.1) is 0 Å². The molecule has 0 radical (unpaired) electrons. The average molecular weight is 234 g/mol. The van der Waals surface area contributed by atoms with Gasteiger partial charge in [-0.1, -0.05) is 12.1 Å². The van der Waals surface area contributed by atoms with Gasteiger partial charge < -0.3 is 8.82 Å². The molecule has 0 unspecified atom stereocenters. The molecule has 0 fully saturated rings. The fourth-order valence-corrected chi connectivity index (χ4v) is 2.39. The summed E-state index contributed by atoms with van der Waals surface area (Å²) in [6, 6.07) is 12.2. The molecular weight excluding hydrogens is 224 g/mol. The third kappa shape index (κ3) is 1.21. The van der Waals surface area contributed by atoms with Crippen molar-refractivity contribution in [3.63, 3.8) is 0 Å². The standard InChI is InChI=1S/C15H10N2O/c1-3-11(12-6-10-18-14(12)5-1)13-4-2-8-17-9-7-16-15(13)17/h1-10H. The second kappa shape index (κ2) is 3.47. The number of imidazole rings is 1. The van der Waals surface area contributed by atoms with E-state index in [1.54, 1.807) is 6.26 Å². The Kier molecular flexibility index (Phi) is 1.83. The minimum atomic E-state index is 0.904. The molecule has 1 aromatic carbocycles. The molecule has 0 saturated heterocycles. The van der Waals surface area contributed by atoms with Crippen LogP contribution in [-0.4, -0.2) is 9.38 Å². The number of hydrogen-bond donors (Lipinski definition) is 0. The summed E-state index contributed by atoms with van der Waals surface area (Å²) >= 11 is 0. The van der Waals surface area contributed by atoms with Crippen LogP contribution in [0.3, 0.4) is 0 Å². The maximum Gasteiger partial charge on any atom is 0.144 e. The van der Waals surface area contributed by atoms with Crippen molar-refractivity contribution in [3.8, 4) is 11.1 Å². The maximum absolute atomic E-state index is 5.45. The lowest BCUT2D eigenvalue weighted by atomic mass is 10.0. The lowest BCUT2D eigenvalue weighted by molar-refractivity contribution is 0.616. The summed E-state index contributed by atoms with van der Waals surface area (Å²) in [5, 5.41) is 1.12. The van der Waals surface area contributed by atoms with E-state index in [0.29, 0.717) is 0 Å². The predicted molar refractivity (Wildman–Crippen MR) is 70.4 cm³/mol. The zero-order valence-electron chi connectivity index (χ0n) is 9.58. The topological polar surface area (TPSA) is 30.4 Å². The third-order valence-corrected chi connectivity index (χ3v) is 3.21. The number of furan rings is 1. The molecule has 4 aromatic rings. The molecule has 0 aliphatic heterocycles. The van der Waals surface area contributed by atoms with E-state index in [4.69, 9.17) is 4.42 Å². The fraction of sp³-hybridized carbons (Fsp3) is 0. The summed E-state index contributed by atoms with van der Waals surface area (Å²) in [4.78, 5) is 4.42. The predicted octanol–water partition coefficient (Wildman–Crippen LogP) is 3.75. The molecule has 3 aromatic heterocycles. The van der Waals surface area contributed by atoms with Crippen molar-refractivity contribution < 1.29 is 4.42 Å². The van der Waals surface area contributed by atoms with Crippen molar-refractivity contribution in [2.45, 2.75) is 0 Å². The van der Waals surface area contributed by atoms with Gasteiger partial charge in [-0.2, -0.15) is 0 Å². The molecule has 0 bridgehead atoms. The average Bonchev–Trinajstić information content (AvgIpc) is 3.06. The smallest absolute Gasteiger partial charge is 0.144 e. The number of aromatic nitrogens is 2. The first-order valence-electron chi connectivity index (χ1n) is 5.82. The van der Waals surface area contributed by atoms with Gasteiger partial charge in [-0.05, 0) is 29.8 Å². The minimum Gasteiger partial charge on any atom is -0.464 e. The van der Waals surface area contributed by atoms with E-state index in [0.717, 1.165) is 27.7 Å². The molecular formula is C15H10N2O. The maximum atomic E-state index is 5.45. The second-order valence-corrected chi connectivity index (χ2v) is 4.22. The monoisotopic (exact) mass is 234 g/mol. The van der Waals surface area contributed by atoms with Crippen molar-refractivity contribution in [1.82, 2.24) is 9.38 Å². The van der Waals surface area contributed by atoms with Crippen LogP contribution in [0.5, 0.6) is 0 Å². The highest BCUT2D eigenvalue weighted by atomic mass is 16.3. The summed E-state index contributed by atoms with van der Waals surface area (Å²) in [6.07, 6.45) is 7.49. The van der Waals surface area contributed by atoms with E-state index < -0.39 is 0 Å². The first kappa shape index (κ1) is 9.48. The number of benzene rings is 1. The molecule has 0 atom stereocenters. The molecule has 3 heterocycles. The summed E-state index contributed by atoms with van der Waals surface area (Å²) in [7, 11) is 0. The van der Waals surface area contributed by atoms with E-state index in [-0.39, 0.29) is 0 Å². The quantitative estimate of drug-likeness (QED) is 0.502. The Morgan fingerprint density at radius 1 is 0.944 bits per heavy atom. The van der Waals surface area contributed by atoms with Gasteiger partial charge in [-0.3, -0.25) is 0 Å². The molecule has 0 aliphatic rings. The molecule has 86 valence electrons. The second-order valence-electron chi connectivity index (χ2n) is 4.22. The van der Waals surface area contributed by atoms with E-state index >= 15 is 0 Å². The van der Waals surface area contributed by atoms with Gasteiger partial charge in [0.15, 0.2) is 0 Å². The SMILES string of the molecule is c1cc(-c2cccn3ccnc23)c2ccoc2c1. The summed E-state index contributed by atoms with van der Waals surface area (Å²) in [5.41, 5.74) is 4.14. The van der Waals surface area contributed by atoms with Crippen molar-refractivity contribution in [2.24, 2.45) is 0 Å². The molecule has 0 N–H and O–H groups in total. The van der Waals surface area contributed by atoms with E-state index in [9.17, 15) is 0 Å². The molecule has 18 heavy (non-hydrogen) atoms. The van der Waals surface area contributed by atoms with Gasteiger partial charge in [0, 0.05) is 29.5 Å². The fourth-order valence-electron chi connectivity index (χ4n) is 2.39. The van der Waals surface area contributed by atoms with Crippen LogP contribution in [0.4, 0.5) is 0 Å². The van der Waals surface area contributed by atoms with Crippen LogP contribution >= 0.6 is 0 Å². The Bertz CT molecular complexity index is 770. The number of fused-ring (bicyclic) bond motifs is 2. The molecule has 0 spiro atoms. The summed E-state index contributed by atoms with van der Waals surface area (Å²) in [5.74, 6) is 0. The first-order valence-corrected chi connectivity index (χ1v) is 5.82. The van der Waals surface area contributed by atoms with E-state index in [2.05, 4.69) is 17.1 Å². The third-order valence-electron chi connectivity index (χ3n) is 3.21. The van der Waals surface area contributed by atoms with Crippen LogP contribution in [0.25, 0.3) is 27.7 Å². The van der Waals surface area contributed by atoms with Crippen molar-refractivity contribution >= 4 is 16.6 Å². The molecule has 0 aliphatic carbocycles. The van der Waals surface area contributed by atoms with Crippen LogP contribution in [0, 0.1) is 0 Å². The highest BCUT2D eigenvalue weighted by Crippen LogP contribution is 2.31. The number of hydrogen-bond acceptors (Lipinski definition) is 2. The number of nitrogens with zero attached hydrogens (tertiary/aromatic N) is 2. The lowest BCUT2D eigenvalue weighted by Gasteiger charge is -2.05. The van der Waals surface area contributed by atoms with Crippen LogP contribution in [0.2, 0.25) is 0 Å². The molecule has 4 rings (SSSR count). The lowest BCUT2D eigenvalue weighted by Crippen LogP contribution is -1.87. The normalized spacial score (nSPS) is 11.3. The van der Waals surface area contributed by atoms with Gasteiger partial charge in [-0.25, -0.2) is 4.98 Å². The Balaban J connectivity index is 2.13. The Morgan fingerprint density at radius 2 is 1.89 bits per heavy atom. The molecule has 3 nitrogen and oxygen atoms in total. The minimum absolute atomic E-state index is 0.904. The molecule has 0 amide bonds. The van der Waals surface area contributed by atoms with Gasteiger partial charge >= 0.3 is 0 Å². The highest BCUT2D eigenvalue weighted by Gasteiger charge is 2.09. The van der Waals surface area contributed by atoms with E-state index in [1.165, 1.54) is 0 Å². The Labute approximate surface area is 103 Å². The van der Waals surface area contributed by atoms with Gasteiger partial charge in [0.05, 0.1) is 6.26 Å². The Morgan fingerprint density at radius 3 is 2.89 bits per heavy atom. The first-order chi connectivity index (χ1) is 8.93. The van der Waals surface area contributed by atoms with Crippen LogP contribution < -0.4 is 0 Å². The van der Waals surface area contributed by atoms with Crippen molar-refractivity contribution in [3.05, 3.63) is 61.3 Å². The van der Waals surface area contributed by atoms with Gasteiger partial charge in [0.1, 0.15) is 11.2 Å². The van der Waals surface area contributed by atoms with Crippen LogP contribution in [-0.2, 0) is 0 Å². The van der Waals surface area contributed by atoms with Crippen molar-refractivity contribution in [1.29, 1.82) is 0 Å². The summed E-state index contributed by atoms with van der Waals surface area (Å²) < 4.78 is 7.47. The van der Waals surface area contributed by atoms with Gasteiger partial charge in [0.25, 0.3) is 0 Å². The Hall–Kier alpha value is -2.55. The van der Waals surface area contributed by atoms with Gasteiger partial charge in [0.2, 0.25) is 0 Å². The molecule has 0 saturated carbocycles. The molecule has 3 heteroatoms. The highest BCUT2D eigenvalue weighted by molar-refractivity contribution is 5.97. The van der Waals surface area contributed by atoms with Crippen LogP contribution in [0.1, 0.15) is 0 Å². The number of pyridine rings is 1. The summed E-state index contributed by atoms with van der Waals surface area (Å²) in [6.45, 7) is 0. The zero-order chi connectivity index (χ0) is 11.9.